The first kappa shape index (κ1) is 11.4. The molecule has 0 aromatic heterocycles. The van der Waals surface area contributed by atoms with Crippen LogP contribution < -0.4 is 0 Å². The molecule has 0 N–H and O–H groups in total. The first-order valence-electron chi connectivity index (χ1n) is 4.87. The molecule has 15 heavy (non-hydrogen) atoms. The maximum absolute atomic E-state index is 11.2. The van der Waals surface area contributed by atoms with E-state index in [1.807, 2.05) is 31.2 Å². The molecule has 0 saturated heterocycles. The van der Waals surface area contributed by atoms with Gasteiger partial charge in [0, 0.05) is 12.0 Å². The maximum atomic E-state index is 11.2. The molecule has 0 bridgehead atoms. The molecule has 0 radical (unpaired) electrons. The maximum Gasteiger partial charge on any atom is 0.160 e. The van der Waals surface area contributed by atoms with Crippen LogP contribution in [0, 0.1) is 6.92 Å². The van der Waals surface area contributed by atoms with Crippen LogP contribution in [0.3, 0.4) is 0 Å². The summed E-state index contributed by atoms with van der Waals surface area (Å²) < 4.78 is 0. The number of hydrogen-bond acceptors (Lipinski definition) is 2. The van der Waals surface area contributed by atoms with Gasteiger partial charge in [-0.15, -0.1) is 0 Å². The van der Waals surface area contributed by atoms with Gasteiger partial charge in [-0.05, 0) is 25.0 Å². The van der Waals surface area contributed by atoms with Gasteiger partial charge >= 0.3 is 0 Å². The topological polar surface area (TPSA) is 34.1 Å². The van der Waals surface area contributed by atoms with Crippen molar-refractivity contribution in [1.29, 1.82) is 0 Å². The summed E-state index contributed by atoms with van der Waals surface area (Å²) in [4.78, 5) is 21.3. The predicted molar refractivity (Wildman–Crippen MR) is 60.9 cm³/mol. The molecule has 1 aromatic carbocycles. The third-order valence-electron chi connectivity index (χ3n) is 2.17. The molecular weight excluding hydrogens is 188 g/mol. The van der Waals surface area contributed by atoms with Crippen LogP contribution >= 0.6 is 0 Å². The Bertz CT molecular complexity index is 403. The molecule has 0 aliphatic heterocycles. The van der Waals surface area contributed by atoms with E-state index in [1.165, 1.54) is 0 Å². The van der Waals surface area contributed by atoms with Crippen LogP contribution in [0.1, 0.15) is 34.8 Å². The fraction of sp³-hybridized carbons (Fsp3) is 0.231. The van der Waals surface area contributed by atoms with Crippen molar-refractivity contribution < 1.29 is 9.59 Å². The van der Waals surface area contributed by atoms with Gasteiger partial charge in [-0.3, -0.25) is 4.79 Å². The second kappa shape index (κ2) is 5.25. The van der Waals surface area contributed by atoms with Crippen LogP contribution in [-0.2, 0) is 4.79 Å². The molecule has 0 fully saturated rings. The summed E-state index contributed by atoms with van der Waals surface area (Å²) in [7, 11) is 0. The van der Waals surface area contributed by atoms with Crippen molar-refractivity contribution in [3.63, 3.8) is 0 Å². The summed E-state index contributed by atoms with van der Waals surface area (Å²) in [6.07, 6.45) is 4.96. The third-order valence-corrected chi connectivity index (χ3v) is 2.17. The molecule has 0 saturated carbocycles. The molecule has 1 rings (SSSR count). The molecule has 0 aliphatic carbocycles. The monoisotopic (exact) mass is 202 g/mol. The lowest BCUT2D eigenvalue weighted by molar-refractivity contribution is -0.107. The standard InChI is InChI=1S/C13H14O2/c1-10-9-12(5-3-4-8-14)6-7-13(10)11(2)15/h3,5-9H,4H2,1-2H3. The number of benzene rings is 1. The lowest BCUT2D eigenvalue weighted by Gasteiger charge is -2.02. The average molecular weight is 202 g/mol. The van der Waals surface area contributed by atoms with Crippen LogP contribution in [0.5, 0.6) is 0 Å². The van der Waals surface area contributed by atoms with Crippen molar-refractivity contribution in [2.75, 3.05) is 0 Å². The number of allylic oxidation sites excluding steroid dienone is 1. The number of Topliss-reactive ketones (excluding diaryl/α,β-unsaturated/α-hetero) is 1. The molecule has 0 unspecified atom stereocenters. The molecule has 0 heterocycles. The smallest absolute Gasteiger partial charge is 0.160 e. The average Bonchev–Trinajstić information content (AvgIpc) is 2.17. The van der Waals surface area contributed by atoms with Gasteiger partial charge in [0.05, 0.1) is 0 Å². The highest BCUT2D eigenvalue weighted by Gasteiger charge is 2.02. The quantitative estimate of drug-likeness (QED) is 0.555. The zero-order valence-electron chi connectivity index (χ0n) is 8.99. The molecule has 0 aliphatic rings. The highest BCUT2D eigenvalue weighted by molar-refractivity contribution is 5.95. The van der Waals surface area contributed by atoms with Crippen LogP contribution in [0.15, 0.2) is 24.3 Å². The van der Waals surface area contributed by atoms with Crippen molar-refractivity contribution >= 4 is 18.1 Å². The van der Waals surface area contributed by atoms with E-state index < -0.39 is 0 Å². The van der Waals surface area contributed by atoms with Gasteiger partial charge < -0.3 is 4.79 Å². The number of aryl methyl sites for hydroxylation is 1. The van der Waals surface area contributed by atoms with E-state index in [0.717, 1.165) is 23.0 Å². The minimum atomic E-state index is 0.0796. The SMILES string of the molecule is CC(=O)c1ccc(C=CCC=O)cc1C. The van der Waals surface area contributed by atoms with Crippen LogP contribution in [-0.4, -0.2) is 12.1 Å². The Kier molecular flexibility index (Phi) is 3.98. The lowest BCUT2D eigenvalue weighted by atomic mass is 10.0. The van der Waals surface area contributed by atoms with Crippen LogP contribution in [0.25, 0.3) is 6.08 Å². The summed E-state index contributed by atoms with van der Waals surface area (Å²) in [6.45, 7) is 3.47. The molecule has 2 heteroatoms. The Labute approximate surface area is 89.6 Å². The largest absolute Gasteiger partial charge is 0.303 e. The molecule has 1 aromatic rings. The van der Waals surface area contributed by atoms with Crippen molar-refractivity contribution in [3.05, 3.63) is 41.0 Å². The van der Waals surface area contributed by atoms with Gasteiger partial charge in [-0.25, -0.2) is 0 Å². The van der Waals surface area contributed by atoms with Crippen molar-refractivity contribution in [2.45, 2.75) is 20.3 Å². The number of carbonyl (C=O) groups excluding carboxylic acids is 2. The fourth-order valence-electron chi connectivity index (χ4n) is 1.45. The van der Waals surface area contributed by atoms with E-state index >= 15 is 0 Å². The summed E-state index contributed by atoms with van der Waals surface area (Å²) in [5.74, 6) is 0.0796. The summed E-state index contributed by atoms with van der Waals surface area (Å²) in [5.41, 5.74) is 2.73. The fourth-order valence-corrected chi connectivity index (χ4v) is 1.45. The Balaban J connectivity index is 2.91. The third kappa shape index (κ3) is 3.17. The zero-order chi connectivity index (χ0) is 11.3. The van der Waals surface area contributed by atoms with Gasteiger partial charge in [0.25, 0.3) is 0 Å². The van der Waals surface area contributed by atoms with Crippen molar-refractivity contribution in [2.24, 2.45) is 0 Å². The molecule has 0 atom stereocenters. The summed E-state index contributed by atoms with van der Waals surface area (Å²) >= 11 is 0. The minimum absolute atomic E-state index is 0.0796. The van der Waals surface area contributed by atoms with Crippen molar-refractivity contribution in [1.82, 2.24) is 0 Å². The number of rotatable bonds is 4. The molecular formula is C13H14O2. The highest BCUT2D eigenvalue weighted by atomic mass is 16.1. The highest BCUT2D eigenvalue weighted by Crippen LogP contribution is 2.13. The van der Waals surface area contributed by atoms with E-state index in [4.69, 9.17) is 0 Å². The predicted octanol–water partition coefficient (Wildman–Crippen LogP) is 2.80. The number of ketones is 1. The molecule has 2 nitrogen and oxygen atoms in total. The molecule has 0 spiro atoms. The van der Waals surface area contributed by atoms with Gasteiger partial charge in [-0.1, -0.05) is 30.4 Å². The Morgan fingerprint density at radius 1 is 1.40 bits per heavy atom. The van der Waals surface area contributed by atoms with Gasteiger partial charge in [0.2, 0.25) is 0 Å². The van der Waals surface area contributed by atoms with Gasteiger partial charge in [0.15, 0.2) is 5.78 Å². The van der Waals surface area contributed by atoms with Crippen LogP contribution in [0.4, 0.5) is 0 Å². The Hall–Kier alpha value is -1.70. The Morgan fingerprint density at radius 3 is 2.67 bits per heavy atom. The molecule has 0 amide bonds. The Morgan fingerprint density at radius 2 is 2.13 bits per heavy atom. The van der Waals surface area contributed by atoms with Crippen LogP contribution in [0.2, 0.25) is 0 Å². The first-order valence-corrected chi connectivity index (χ1v) is 4.87. The second-order valence-corrected chi connectivity index (χ2v) is 3.44. The summed E-state index contributed by atoms with van der Waals surface area (Å²) in [6, 6.07) is 5.64. The van der Waals surface area contributed by atoms with E-state index in [1.54, 1.807) is 13.0 Å². The van der Waals surface area contributed by atoms with Gasteiger partial charge in [0.1, 0.15) is 6.29 Å². The van der Waals surface area contributed by atoms with Crippen molar-refractivity contribution in [3.8, 4) is 0 Å². The molecule has 78 valence electrons. The number of aldehydes is 1. The lowest BCUT2D eigenvalue weighted by Crippen LogP contribution is -1.95. The normalized spacial score (nSPS) is 10.5. The number of carbonyl (C=O) groups is 2. The van der Waals surface area contributed by atoms with E-state index in [-0.39, 0.29) is 5.78 Å². The second-order valence-electron chi connectivity index (χ2n) is 3.44. The van der Waals surface area contributed by atoms with E-state index in [2.05, 4.69) is 0 Å². The first-order chi connectivity index (χ1) is 7.15. The zero-order valence-corrected chi connectivity index (χ0v) is 8.99. The van der Waals surface area contributed by atoms with Gasteiger partial charge in [-0.2, -0.15) is 0 Å². The number of hydrogen-bond donors (Lipinski definition) is 0. The minimum Gasteiger partial charge on any atom is -0.303 e. The van der Waals surface area contributed by atoms with E-state index in [0.29, 0.717) is 6.42 Å². The summed E-state index contributed by atoms with van der Waals surface area (Å²) in [5, 5.41) is 0. The van der Waals surface area contributed by atoms with E-state index in [9.17, 15) is 9.59 Å².